The fourth-order valence-corrected chi connectivity index (χ4v) is 1.03. The summed E-state index contributed by atoms with van der Waals surface area (Å²) in [5, 5.41) is 3.30. The zero-order valence-corrected chi connectivity index (χ0v) is 7.33. The van der Waals surface area contributed by atoms with E-state index in [4.69, 9.17) is 0 Å². The van der Waals surface area contributed by atoms with Gasteiger partial charge >= 0.3 is 0 Å². The minimum atomic E-state index is 0.367. The zero-order valence-electron chi connectivity index (χ0n) is 7.33. The Morgan fingerprint density at radius 2 is 2.25 bits per heavy atom. The Hall–Kier alpha value is -1.15. The van der Waals surface area contributed by atoms with Gasteiger partial charge in [-0.15, -0.1) is 6.58 Å². The minimum Gasteiger partial charge on any atom is -0.307 e. The predicted octanol–water partition coefficient (Wildman–Crippen LogP) is 1.92. The maximum absolute atomic E-state index is 3.96. The highest BCUT2D eigenvalue weighted by molar-refractivity contribution is 5.13. The summed E-state index contributed by atoms with van der Waals surface area (Å²) in [7, 11) is 0. The SMILES string of the molecule is C=CCN[C@@H](C)c1ccncc1. The van der Waals surface area contributed by atoms with Crippen molar-refractivity contribution in [3.05, 3.63) is 42.7 Å². The molecule has 1 N–H and O–H groups in total. The van der Waals surface area contributed by atoms with Crippen LogP contribution in [0.15, 0.2) is 37.2 Å². The van der Waals surface area contributed by atoms with E-state index in [0.717, 1.165) is 6.54 Å². The number of hydrogen-bond acceptors (Lipinski definition) is 2. The van der Waals surface area contributed by atoms with E-state index in [2.05, 4.69) is 23.8 Å². The molecule has 0 amide bonds. The van der Waals surface area contributed by atoms with Gasteiger partial charge in [0, 0.05) is 25.0 Å². The first kappa shape index (κ1) is 8.94. The molecule has 0 fully saturated rings. The number of aromatic nitrogens is 1. The Labute approximate surface area is 73.3 Å². The highest BCUT2D eigenvalue weighted by Gasteiger charge is 2.00. The molecular formula is C10H14N2. The Balaban J connectivity index is 2.53. The third-order valence-corrected chi connectivity index (χ3v) is 1.77. The Morgan fingerprint density at radius 1 is 1.58 bits per heavy atom. The molecule has 0 radical (unpaired) electrons. The second-order valence-electron chi connectivity index (χ2n) is 2.70. The van der Waals surface area contributed by atoms with E-state index >= 15 is 0 Å². The van der Waals surface area contributed by atoms with E-state index in [-0.39, 0.29) is 0 Å². The molecule has 1 rings (SSSR count). The number of hydrogen-bond donors (Lipinski definition) is 1. The van der Waals surface area contributed by atoms with E-state index in [1.165, 1.54) is 5.56 Å². The average molecular weight is 162 g/mol. The number of rotatable bonds is 4. The van der Waals surface area contributed by atoms with Gasteiger partial charge in [-0.2, -0.15) is 0 Å². The first-order chi connectivity index (χ1) is 5.84. The number of pyridine rings is 1. The van der Waals surface area contributed by atoms with Crippen molar-refractivity contribution in [3.63, 3.8) is 0 Å². The fraction of sp³-hybridized carbons (Fsp3) is 0.300. The number of nitrogens with one attached hydrogen (secondary N) is 1. The van der Waals surface area contributed by atoms with Gasteiger partial charge in [-0.25, -0.2) is 0 Å². The quantitative estimate of drug-likeness (QED) is 0.684. The molecule has 1 aromatic rings. The average Bonchev–Trinajstić information content (AvgIpc) is 2.15. The van der Waals surface area contributed by atoms with Crippen molar-refractivity contribution in [1.82, 2.24) is 10.3 Å². The molecule has 0 spiro atoms. The fourth-order valence-electron chi connectivity index (χ4n) is 1.03. The maximum atomic E-state index is 3.96. The Kier molecular flexibility index (Phi) is 3.48. The second kappa shape index (κ2) is 4.67. The van der Waals surface area contributed by atoms with Gasteiger partial charge in [0.05, 0.1) is 0 Å². The zero-order chi connectivity index (χ0) is 8.81. The highest BCUT2D eigenvalue weighted by atomic mass is 14.9. The van der Waals surface area contributed by atoms with Crippen LogP contribution in [0.4, 0.5) is 0 Å². The smallest absolute Gasteiger partial charge is 0.0295 e. The van der Waals surface area contributed by atoms with Gasteiger partial charge in [-0.05, 0) is 24.6 Å². The van der Waals surface area contributed by atoms with Gasteiger partial charge in [-0.1, -0.05) is 6.08 Å². The molecule has 0 aliphatic carbocycles. The van der Waals surface area contributed by atoms with Crippen LogP contribution in [0, 0.1) is 0 Å². The molecule has 1 atom stereocenters. The normalized spacial score (nSPS) is 12.4. The third kappa shape index (κ3) is 2.47. The lowest BCUT2D eigenvalue weighted by molar-refractivity contribution is 0.617. The van der Waals surface area contributed by atoms with Gasteiger partial charge < -0.3 is 5.32 Å². The van der Waals surface area contributed by atoms with Gasteiger partial charge in [0.1, 0.15) is 0 Å². The lowest BCUT2D eigenvalue weighted by Crippen LogP contribution is -2.18. The standard InChI is InChI=1S/C10H14N2/c1-3-6-12-9(2)10-4-7-11-8-5-10/h3-5,7-9,12H,1,6H2,2H3/t9-/m0/s1. The van der Waals surface area contributed by atoms with Crippen molar-refractivity contribution in [2.75, 3.05) is 6.54 Å². The minimum absolute atomic E-state index is 0.367. The molecule has 12 heavy (non-hydrogen) atoms. The first-order valence-electron chi connectivity index (χ1n) is 4.09. The summed E-state index contributed by atoms with van der Waals surface area (Å²) in [6.07, 6.45) is 5.47. The van der Waals surface area contributed by atoms with Crippen LogP contribution >= 0.6 is 0 Å². The monoisotopic (exact) mass is 162 g/mol. The van der Waals surface area contributed by atoms with Crippen molar-refractivity contribution in [2.24, 2.45) is 0 Å². The van der Waals surface area contributed by atoms with E-state index in [9.17, 15) is 0 Å². The highest BCUT2D eigenvalue weighted by Crippen LogP contribution is 2.08. The summed E-state index contributed by atoms with van der Waals surface area (Å²) in [6, 6.07) is 4.40. The molecule has 2 nitrogen and oxygen atoms in total. The van der Waals surface area contributed by atoms with Crippen molar-refractivity contribution < 1.29 is 0 Å². The molecule has 2 heteroatoms. The van der Waals surface area contributed by atoms with Gasteiger partial charge in [-0.3, -0.25) is 4.98 Å². The maximum Gasteiger partial charge on any atom is 0.0295 e. The summed E-state index contributed by atoms with van der Waals surface area (Å²) in [5.41, 5.74) is 1.26. The van der Waals surface area contributed by atoms with Crippen LogP contribution in [-0.4, -0.2) is 11.5 Å². The third-order valence-electron chi connectivity index (χ3n) is 1.77. The predicted molar refractivity (Wildman–Crippen MR) is 50.9 cm³/mol. The second-order valence-corrected chi connectivity index (χ2v) is 2.70. The lowest BCUT2D eigenvalue weighted by Gasteiger charge is -2.11. The largest absolute Gasteiger partial charge is 0.307 e. The molecule has 0 aliphatic heterocycles. The summed E-state index contributed by atoms with van der Waals surface area (Å²) in [6.45, 7) is 6.61. The van der Waals surface area contributed by atoms with Gasteiger partial charge in [0.15, 0.2) is 0 Å². The number of nitrogens with zero attached hydrogens (tertiary/aromatic N) is 1. The molecular weight excluding hydrogens is 148 g/mol. The van der Waals surface area contributed by atoms with Gasteiger partial charge in [0.25, 0.3) is 0 Å². The van der Waals surface area contributed by atoms with E-state index in [1.807, 2.05) is 18.2 Å². The molecule has 0 aliphatic rings. The van der Waals surface area contributed by atoms with Crippen LogP contribution in [-0.2, 0) is 0 Å². The van der Waals surface area contributed by atoms with Crippen molar-refractivity contribution in [3.8, 4) is 0 Å². The van der Waals surface area contributed by atoms with Crippen LogP contribution in [0.2, 0.25) is 0 Å². The molecule has 0 unspecified atom stereocenters. The molecule has 0 aromatic carbocycles. The summed E-state index contributed by atoms with van der Waals surface area (Å²) in [5.74, 6) is 0. The molecule has 0 saturated carbocycles. The van der Waals surface area contributed by atoms with Gasteiger partial charge in [0.2, 0.25) is 0 Å². The Morgan fingerprint density at radius 3 is 2.83 bits per heavy atom. The van der Waals surface area contributed by atoms with Crippen molar-refractivity contribution in [1.29, 1.82) is 0 Å². The summed E-state index contributed by atoms with van der Waals surface area (Å²) in [4.78, 5) is 3.96. The topological polar surface area (TPSA) is 24.9 Å². The van der Waals surface area contributed by atoms with Crippen LogP contribution in [0.3, 0.4) is 0 Å². The van der Waals surface area contributed by atoms with E-state index in [0.29, 0.717) is 6.04 Å². The molecule has 0 saturated heterocycles. The first-order valence-corrected chi connectivity index (χ1v) is 4.09. The summed E-state index contributed by atoms with van der Waals surface area (Å²) >= 11 is 0. The van der Waals surface area contributed by atoms with Crippen molar-refractivity contribution >= 4 is 0 Å². The summed E-state index contributed by atoms with van der Waals surface area (Å²) < 4.78 is 0. The van der Waals surface area contributed by atoms with E-state index in [1.54, 1.807) is 12.4 Å². The molecule has 1 aromatic heterocycles. The van der Waals surface area contributed by atoms with E-state index < -0.39 is 0 Å². The van der Waals surface area contributed by atoms with Crippen LogP contribution in [0.25, 0.3) is 0 Å². The Bertz CT molecular complexity index is 231. The molecule has 1 heterocycles. The van der Waals surface area contributed by atoms with Crippen LogP contribution in [0.1, 0.15) is 18.5 Å². The lowest BCUT2D eigenvalue weighted by atomic mass is 10.1. The van der Waals surface area contributed by atoms with Crippen molar-refractivity contribution in [2.45, 2.75) is 13.0 Å². The van der Waals surface area contributed by atoms with Crippen LogP contribution in [0.5, 0.6) is 0 Å². The van der Waals surface area contributed by atoms with Crippen LogP contribution < -0.4 is 5.32 Å². The molecule has 0 bridgehead atoms. The molecule has 64 valence electrons.